The Morgan fingerprint density at radius 3 is 0.556 bits per heavy atom. The summed E-state index contributed by atoms with van der Waals surface area (Å²) in [5.74, 6) is 0. The summed E-state index contributed by atoms with van der Waals surface area (Å²) in [5.41, 5.74) is 0. The number of rotatable bonds is 0. The molecule has 0 unspecified atom stereocenters. The quantitative estimate of drug-likeness (QED) is 0.445. The summed E-state index contributed by atoms with van der Waals surface area (Å²) in [6.07, 6.45) is 0. The van der Waals surface area contributed by atoms with Crippen molar-refractivity contribution in [3.8, 4) is 0 Å². The summed E-state index contributed by atoms with van der Waals surface area (Å²) in [4.78, 5) is 0. The van der Waals surface area contributed by atoms with Gasteiger partial charge in [0.05, 0.1) is 0 Å². The van der Waals surface area contributed by atoms with Gasteiger partial charge in [-0.15, -0.1) is 49.6 Å². The van der Waals surface area contributed by atoms with E-state index in [9.17, 15) is 0 Å². The molecule has 0 radical (unpaired) electrons. The average Bonchev–Trinajstić information content (AvgIpc) is 0.722. The molecule has 0 saturated carbocycles. The zero-order valence-electron chi connectivity index (χ0n) is 4.26. The van der Waals surface area contributed by atoms with E-state index >= 15 is 0 Å². The molecule has 0 atom stereocenters. The molecule has 8 N–H and O–H groups in total. The summed E-state index contributed by atoms with van der Waals surface area (Å²) in [5, 5.41) is 0. The van der Waals surface area contributed by atoms with Gasteiger partial charge in [0.1, 0.15) is 0 Å². The third-order valence-corrected chi connectivity index (χ3v) is 0. The van der Waals surface area contributed by atoms with Crippen molar-refractivity contribution in [2.24, 2.45) is 17.5 Å². The van der Waals surface area contributed by atoms with Crippen molar-refractivity contribution in [2.75, 3.05) is 0 Å². The van der Waals surface area contributed by atoms with Crippen LogP contribution in [-0.4, -0.2) is 0 Å². The van der Waals surface area contributed by atoms with E-state index in [1.165, 1.54) is 0 Å². The van der Waals surface area contributed by atoms with Gasteiger partial charge in [-0.25, -0.2) is 0 Å². The Kier molecular flexibility index (Phi) is 42.6. The molecule has 0 heterocycles. The number of nitrogens with two attached hydrogens (primary N) is 4. The van der Waals surface area contributed by atoms with Gasteiger partial charge in [-0.05, 0) is 0 Å². The third-order valence-electron chi connectivity index (χ3n) is 0. The molecular formula is H12Cl4N4Pd. The predicted molar refractivity (Wildman–Crippen MR) is 45.7 cm³/mol. The van der Waals surface area contributed by atoms with Gasteiger partial charge in [-0.1, -0.05) is 0 Å². The van der Waals surface area contributed by atoms with Crippen LogP contribution in [0.15, 0.2) is 0 Å². The van der Waals surface area contributed by atoms with Crippen molar-refractivity contribution in [2.45, 2.75) is 0 Å². The van der Waals surface area contributed by atoms with E-state index in [4.69, 9.17) is 17.5 Å². The SMILES string of the molecule is Cl.Cl.Cl.Cl.[NH2][Pd]([NH2])([NH2])[NH2]. The first kappa shape index (κ1) is 31.0. The summed E-state index contributed by atoms with van der Waals surface area (Å²) in [6.45, 7) is 0. The molecule has 0 aliphatic carbocycles. The van der Waals surface area contributed by atoms with Crippen LogP contribution >= 0.6 is 49.6 Å². The average molecular weight is 316 g/mol. The summed E-state index contributed by atoms with van der Waals surface area (Å²) in [6, 6.07) is 0. The van der Waals surface area contributed by atoms with Crippen molar-refractivity contribution in [3.63, 3.8) is 0 Å². The van der Waals surface area contributed by atoms with E-state index in [2.05, 4.69) is 0 Å². The number of hydrogen-bond acceptors (Lipinski definition) is 4. The van der Waals surface area contributed by atoms with Crippen molar-refractivity contribution >= 4 is 49.6 Å². The second kappa shape index (κ2) is 12.3. The van der Waals surface area contributed by atoms with Crippen LogP contribution in [0.25, 0.3) is 0 Å². The van der Waals surface area contributed by atoms with Crippen LogP contribution in [0.2, 0.25) is 0 Å². The van der Waals surface area contributed by atoms with Crippen LogP contribution in [0, 0.1) is 0 Å². The molecule has 0 fully saturated rings. The van der Waals surface area contributed by atoms with Crippen molar-refractivity contribution in [1.82, 2.24) is 0 Å². The minimum absolute atomic E-state index is 0. The van der Waals surface area contributed by atoms with Gasteiger partial charge in [0, 0.05) is 0 Å². The Morgan fingerprint density at radius 2 is 0.556 bits per heavy atom. The van der Waals surface area contributed by atoms with Gasteiger partial charge in [0.15, 0.2) is 0 Å². The van der Waals surface area contributed by atoms with Crippen molar-refractivity contribution in [1.29, 1.82) is 0 Å². The summed E-state index contributed by atoms with van der Waals surface area (Å²) >= 11 is -2.70. The summed E-state index contributed by atoms with van der Waals surface area (Å²) < 4.78 is 19.4. The van der Waals surface area contributed by atoms with Gasteiger partial charge in [-0.3, -0.25) is 0 Å². The molecule has 0 amide bonds. The fourth-order valence-corrected chi connectivity index (χ4v) is 0. The van der Waals surface area contributed by atoms with Crippen LogP contribution in [0.3, 0.4) is 0 Å². The fraction of sp³-hybridized carbons (Fsp3) is 0. The molecule has 0 spiro atoms. The molecular weight excluding hydrogens is 304 g/mol. The molecule has 0 aromatic carbocycles. The molecule has 0 aromatic rings. The van der Waals surface area contributed by atoms with Crippen molar-refractivity contribution in [3.05, 3.63) is 0 Å². The van der Waals surface area contributed by atoms with Gasteiger partial charge >= 0.3 is 34.0 Å². The van der Waals surface area contributed by atoms with Gasteiger partial charge in [0.25, 0.3) is 0 Å². The topological polar surface area (TPSA) is 104 Å². The first-order valence-electron chi connectivity index (χ1n) is 0.730. The standard InChI is InChI=1S/4ClH.4H2N.Pd/h4*1H;4*1H2;/q;;;;4*-1;+4. The molecule has 0 bridgehead atoms. The molecule has 0 saturated heterocycles. The Bertz CT molecular complexity index is 28.0. The second-order valence-electron chi connectivity index (χ2n) is 0.632. The molecule has 9 heavy (non-hydrogen) atoms. The third kappa shape index (κ3) is 205. The van der Waals surface area contributed by atoms with Crippen LogP contribution < -0.4 is 17.5 Å². The second-order valence-corrected chi connectivity index (χ2v) is 3.74. The predicted octanol–water partition coefficient (Wildman–Crippen LogP) is -0.678. The normalized spacial score (nSPS) is 8.44. The molecule has 4 nitrogen and oxygen atoms in total. The van der Waals surface area contributed by atoms with E-state index in [1.807, 2.05) is 0 Å². The van der Waals surface area contributed by atoms with E-state index in [0.717, 1.165) is 0 Å². The number of halogens is 4. The zero-order valence-corrected chi connectivity index (χ0v) is 9.08. The Morgan fingerprint density at radius 1 is 0.556 bits per heavy atom. The van der Waals surface area contributed by atoms with Gasteiger partial charge in [0.2, 0.25) is 0 Å². The monoisotopic (exact) mass is 314 g/mol. The zero-order chi connectivity index (χ0) is 4.50. The summed E-state index contributed by atoms with van der Waals surface area (Å²) in [7, 11) is 0. The molecule has 9 heteroatoms. The van der Waals surface area contributed by atoms with E-state index in [0.29, 0.717) is 0 Å². The van der Waals surface area contributed by atoms with Crippen molar-refractivity contribution < 1.29 is 16.5 Å². The van der Waals surface area contributed by atoms with E-state index < -0.39 is 16.5 Å². The van der Waals surface area contributed by atoms with Crippen LogP contribution in [0.1, 0.15) is 0 Å². The molecule has 0 rings (SSSR count). The van der Waals surface area contributed by atoms with Gasteiger partial charge < -0.3 is 0 Å². The van der Waals surface area contributed by atoms with E-state index in [1.54, 1.807) is 0 Å². The molecule has 0 aliphatic heterocycles. The van der Waals surface area contributed by atoms with Crippen LogP contribution in [-0.2, 0) is 16.5 Å². The van der Waals surface area contributed by atoms with Gasteiger partial charge in [-0.2, -0.15) is 0 Å². The van der Waals surface area contributed by atoms with E-state index in [-0.39, 0.29) is 49.6 Å². The Hall–Kier alpha value is 1.66. The first-order valence-corrected chi connectivity index (χ1v) is 4.32. The van der Waals surface area contributed by atoms with Crippen LogP contribution in [0.5, 0.6) is 0 Å². The number of hydrogen-bond donors (Lipinski definition) is 4. The van der Waals surface area contributed by atoms with Crippen LogP contribution in [0.4, 0.5) is 0 Å². The first-order chi connectivity index (χ1) is 2.00. The minimum atomic E-state index is -2.70. The molecule has 70 valence electrons. The molecule has 0 aromatic heterocycles. The maximum absolute atomic E-state index is 4.84. The Labute approximate surface area is 83.3 Å². The fourth-order valence-electron chi connectivity index (χ4n) is 0. The molecule has 0 aliphatic rings. The maximum atomic E-state index is 4.84. The Balaban J connectivity index is -0.0000000133.